The molecule has 5 rings (SSSR count). The second-order valence-corrected chi connectivity index (χ2v) is 8.46. The number of hydrogen-bond donors (Lipinski definition) is 2. The molecule has 8 nitrogen and oxygen atoms in total. The number of benzene rings is 3. The highest BCUT2D eigenvalue weighted by molar-refractivity contribution is 5.97. The van der Waals surface area contributed by atoms with Crippen LogP contribution in [0.2, 0.25) is 0 Å². The summed E-state index contributed by atoms with van der Waals surface area (Å²) in [5, 5.41) is 7.06. The van der Waals surface area contributed by atoms with E-state index in [1.165, 1.54) is 18.5 Å². The van der Waals surface area contributed by atoms with E-state index in [0.29, 0.717) is 37.0 Å². The highest BCUT2D eigenvalue weighted by Gasteiger charge is 2.15. The van der Waals surface area contributed by atoms with Gasteiger partial charge in [0.1, 0.15) is 30.3 Å². The fraction of sp³-hybridized carbons (Fsp3) is 0.222. The van der Waals surface area contributed by atoms with Gasteiger partial charge in [0.15, 0.2) is 0 Å². The topological polar surface area (TPSA) is 88.6 Å². The fourth-order valence-electron chi connectivity index (χ4n) is 3.96. The lowest BCUT2D eigenvalue weighted by Gasteiger charge is -2.25. The van der Waals surface area contributed by atoms with Crippen molar-refractivity contribution in [1.29, 1.82) is 0 Å². The minimum atomic E-state index is -0.285. The monoisotopic (exact) mass is 487 g/mol. The van der Waals surface area contributed by atoms with Crippen LogP contribution in [0.1, 0.15) is 5.56 Å². The number of ether oxygens (including phenoxy) is 2. The number of carbonyl (C=O) groups excluding carboxylic acids is 1. The molecule has 1 saturated heterocycles. The summed E-state index contributed by atoms with van der Waals surface area (Å²) < 4.78 is 24.4. The molecule has 2 heterocycles. The van der Waals surface area contributed by atoms with E-state index >= 15 is 0 Å². The van der Waals surface area contributed by atoms with Crippen LogP contribution in [0.15, 0.2) is 73.1 Å². The van der Waals surface area contributed by atoms with E-state index in [9.17, 15) is 9.18 Å². The molecule has 2 N–H and O–H groups in total. The van der Waals surface area contributed by atoms with Gasteiger partial charge in [-0.05, 0) is 60.2 Å². The van der Waals surface area contributed by atoms with Gasteiger partial charge in [0, 0.05) is 29.9 Å². The summed E-state index contributed by atoms with van der Waals surface area (Å²) in [5.74, 6) is 0.935. The second kappa shape index (κ2) is 11.1. The van der Waals surface area contributed by atoms with Gasteiger partial charge in [0.2, 0.25) is 5.91 Å². The van der Waals surface area contributed by atoms with Gasteiger partial charge in [-0.25, -0.2) is 14.4 Å². The molecule has 9 heteroatoms. The molecule has 184 valence electrons. The van der Waals surface area contributed by atoms with Crippen LogP contribution in [0.3, 0.4) is 0 Å². The van der Waals surface area contributed by atoms with Crippen LogP contribution in [-0.4, -0.2) is 53.6 Å². The third-order valence-electron chi connectivity index (χ3n) is 5.80. The molecule has 1 fully saturated rings. The largest absolute Gasteiger partial charge is 0.489 e. The average molecular weight is 488 g/mol. The number of nitrogens with one attached hydrogen (secondary N) is 2. The molecule has 0 saturated carbocycles. The number of halogens is 1. The number of morpholine rings is 1. The lowest BCUT2D eigenvalue weighted by molar-refractivity contribution is -0.118. The first-order chi connectivity index (χ1) is 17.6. The molecular weight excluding hydrogens is 461 g/mol. The molecule has 1 aromatic heterocycles. The van der Waals surface area contributed by atoms with Crippen LogP contribution in [0.25, 0.3) is 10.9 Å². The lowest BCUT2D eigenvalue weighted by atomic mass is 10.2. The predicted molar refractivity (Wildman–Crippen MR) is 136 cm³/mol. The lowest BCUT2D eigenvalue weighted by Crippen LogP contribution is -2.41. The highest BCUT2D eigenvalue weighted by atomic mass is 19.1. The van der Waals surface area contributed by atoms with Crippen LogP contribution < -0.4 is 15.4 Å². The summed E-state index contributed by atoms with van der Waals surface area (Å²) in [6, 6.07) is 19.3. The van der Waals surface area contributed by atoms with Crippen molar-refractivity contribution in [2.24, 2.45) is 0 Å². The molecule has 1 aliphatic rings. The summed E-state index contributed by atoms with van der Waals surface area (Å²) >= 11 is 0. The van der Waals surface area contributed by atoms with Crippen molar-refractivity contribution in [3.05, 3.63) is 84.4 Å². The maximum Gasteiger partial charge on any atom is 0.238 e. The zero-order valence-corrected chi connectivity index (χ0v) is 19.6. The fourth-order valence-corrected chi connectivity index (χ4v) is 3.96. The van der Waals surface area contributed by atoms with Gasteiger partial charge in [-0.2, -0.15) is 0 Å². The van der Waals surface area contributed by atoms with Crippen molar-refractivity contribution < 1.29 is 18.7 Å². The Morgan fingerprint density at radius 1 is 1.00 bits per heavy atom. The Labute approximate surface area is 208 Å². The van der Waals surface area contributed by atoms with E-state index in [1.54, 1.807) is 6.07 Å². The first-order valence-corrected chi connectivity index (χ1v) is 11.7. The molecule has 3 aromatic carbocycles. The normalized spacial score (nSPS) is 13.9. The van der Waals surface area contributed by atoms with Gasteiger partial charge >= 0.3 is 0 Å². The molecule has 1 aliphatic heterocycles. The highest BCUT2D eigenvalue weighted by Crippen LogP contribution is 2.27. The first kappa shape index (κ1) is 23.7. The molecule has 0 atom stereocenters. The van der Waals surface area contributed by atoms with Gasteiger partial charge < -0.3 is 20.1 Å². The molecule has 4 aromatic rings. The first-order valence-electron chi connectivity index (χ1n) is 11.7. The van der Waals surface area contributed by atoms with Crippen molar-refractivity contribution in [2.75, 3.05) is 43.5 Å². The maximum atomic E-state index is 13.3. The number of fused-ring (bicyclic) bond motifs is 1. The van der Waals surface area contributed by atoms with E-state index in [4.69, 9.17) is 9.47 Å². The molecule has 0 spiro atoms. The third kappa shape index (κ3) is 6.12. The van der Waals surface area contributed by atoms with E-state index in [0.717, 1.165) is 35.2 Å². The number of aromatic nitrogens is 2. The number of hydrogen-bond acceptors (Lipinski definition) is 7. The van der Waals surface area contributed by atoms with Crippen LogP contribution >= 0.6 is 0 Å². The van der Waals surface area contributed by atoms with Crippen molar-refractivity contribution in [2.45, 2.75) is 6.61 Å². The predicted octanol–water partition coefficient (Wildman–Crippen LogP) is 4.36. The molecule has 0 aliphatic carbocycles. The summed E-state index contributed by atoms with van der Waals surface area (Å²) in [6.07, 6.45) is 1.50. The minimum Gasteiger partial charge on any atom is -0.489 e. The van der Waals surface area contributed by atoms with Gasteiger partial charge in [-0.3, -0.25) is 9.69 Å². The quantitative estimate of drug-likeness (QED) is 0.382. The SMILES string of the molecule is O=C(CN1CCOCC1)Nc1ccc2ncnc(Nc3ccc(OCc4cccc(F)c4)cc3)c2c1. The molecule has 1 amide bonds. The Morgan fingerprint density at radius 2 is 1.81 bits per heavy atom. The van der Waals surface area contributed by atoms with E-state index in [1.807, 2.05) is 48.5 Å². The van der Waals surface area contributed by atoms with E-state index < -0.39 is 0 Å². The summed E-state index contributed by atoms with van der Waals surface area (Å²) in [7, 11) is 0. The maximum absolute atomic E-state index is 13.3. The van der Waals surface area contributed by atoms with Crippen LogP contribution in [0, 0.1) is 5.82 Å². The Balaban J connectivity index is 1.24. The van der Waals surface area contributed by atoms with Crippen molar-refractivity contribution >= 4 is 34.0 Å². The minimum absolute atomic E-state index is 0.0727. The molecule has 0 unspecified atom stereocenters. The van der Waals surface area contributed by atoms with E-state index in [2.05, 4.69) is 25.5 Å². The molecule has 0 bridgehead atoms. The Morgan fingerprint density at radius 3 is 2.61 bits per heavy atom. The number of carbonyl (C=O) groups is 1. The zero-order chi connectivity index (χ0) is 24.7. The molecular formula is C27H26FN5O3. The summed E-state index contributed by atoms with van der Waals surface area (Å²) in [5.41, 5.74) is 3.01. The standard InChI is InChI=1S/C27H26FN5O3/c28-20-3-1-2-19(14-20)17-36-23-7-4-21(5-8-23)32-27-24-15-22(6-9-25(24)29-18-30-27)31-26(34)16-33-10-12-35-13-11-33/h1-9,14-15,18H,10-13,16-17H2,(H,31,34)(H,29,30,32). The summed E-state index contributed by atoms with van der Waals surface area (Å²) in [6.45, 7) is 3.40. The molecule has 0 radical (unpaired) electrons. The Bertz CT molecular complexity index is 1340. The van der Waals surface area contributed by atoms with Crippen LogP contribution in [0.5, 0.6) is 5.75 Å². The number of anilines is 3. The van der Waals surface area contributed by atoms with Crippen molar-refractivity contribution in [3.63, 3.8) is 0 Å². The zero-order valence-electron chi connectivity index (χ0n) is 19.6. The number of rotatable bonds is 8. The smallest absolute Gasteiger partial charge is 0.238 e. The van der Waals surface area contributed by atoms with Crippen LogP contribution in [-0.2, 0) is 16.1 Å². The van der Waals surface area contributed by atoms with E-state index in [-0.39, 0.29) is 18.3 Å². The van der Waals surface area contributed by atoms with Crippen molar-refractivity contribution in [1.82, 2.24) is 14.9 Å². The second-order valence-electron chi connectivity index (χ2n) is 8.46. The Kier molecular flexibility index (Phi) is 7.30. The van der Waals surface area contributed by atoms with Gasteiger partial charge in [0.05, 0.1) is 25.3 Å². The number of nitrogens with zero attached hydrogens (tertiary/aromatic N) is 3. The number of amides is 1. The summed E-state index contributed by atoms with van der Waals surface area (Å²) in [4.78, 5) is 23.3. The molecule has 36 heavy (non-hydrogen) atoms. The third-order valence-corrected chi connectivity index (χ3v) is 5.80. The Hall–Kier alpha value is -4.08. The van der Waals surface area contributed by atoms with Gasteiger partial charge in [-0.1, -0.05) is 12.1 Å². The van der Waals surface area contributed by atoms with Gasteiger partial charge in [0.25, 0.3) is 0 Å². The average Bonchev–Trinajstić information content (AvgIpc) is 2.89. The van der Waals surface area contributed by atoms with Gasteiger partial charge in [-0.15, -0.1) is 0 Å². The van der Waals surface area contributed by atoms with Crippen molar-refractivity contribution in [3.8, 4) is 5.75 Å². The van der Waals surface area contributed by atoms with Crippen LogP contribution in [0.4, 0.5) is 21.6 Å².